The molecule has 20 heavy (non-hydrogen) atoms. The number of nitrogens with two attached hydrogens (primary N) is 1. The maximum Gasteiger partial charge on any atom is 0.0675 e. The minimum Gasteiger partial charge on any atom is -0.376 e. The minimum atomic E-state index is 0.0225. The highest BCUT2D eigenvalue weighted by Gasteiger charge is 2.34. The van der Waals surface area contributed by atoms with Crippen molar-refractivity contribution >= 4 is 11.6 Å². The topological polar surface area (TPSA) is 38.5 Å². The van der Waals surface area contributed by atoms with Crippen LogP contribution in [-0.4, -0.2) is 36.2 Å². The van der Waals surface area contributed by atoms with Crippen LogP contribution in [0.15, 0.2) is 24.3 Å². The van der Waals surface area contributed by atoms with E-state index >= 15 is 0 Å². The van der Waals surface area contributed by atoms with Crippen molar-refractivity contribution < 1.29 is 4.74 Å². The van der Waals surface area contributed by atoms with E-state index in [-0.39, 0.29) is 18.2 Å². The predicted molar refractivity (Wildman–Crippen MR) is 84.0 cm³/mol. The fourth-order valence-electron chi connectivity index (χ4n) is 3.04. The third-order valence-electron chi connectivity index (χ3n) is 4.06. The van der Waals surface area contributed by atoms with Crippen molar-refractivity contribution in [1.82, 2.24) is 4.90 Å². The largest absolute Gasteiger partial charge is 0.376 e. The van der Waals surface area contributed by atoms with Crippen molar-refractivity contribution in [2.75, 3.05) is 13.2 Å². The van der Waals surface area contributed by atoms with Gasteiger partial charge in [0, 0.05) is 23.7 Å². The molecule has 2 N–H and O–H groups in total. The van der Waals surface area contributed by atoms with E-state index in [1.807, 2.05) is 18.2 Å². The van der Waals surface area contributed by atoms with Crippen LogP contribution in [0.5, 0.6) is 0 Å². The molecule has 0 saturated carbocycles. The molecule has 2 rings (SSSR count). The van der Waals surface area contributed by atoms with Gasteiger partial charge in [0.15, 0.2) is 0 Å². The lowest BCUT2D eigenvalue weighted by Crippen LogP contribution is -2.53. The summed E-state index contributed by atoms with van der Waals surface area (Å²) in [6.45, 7) is 8.04. The summed E-state index contributed by atoms with van der Waals surface area (Å²) in [5.74, 6) is 0. The SMILES string of the molecule is CCC1COC(C)CN1C(c1ccccc1Cl)C(C)N. The van der Waals surface area contributed by atoms with Gasteiger partial charge in [-0.3, -0.25) is 4.90 Å². The number of rotatable bonds is 4. The number of hydrogen-bond acceptors (Lipinski definition) is 3. The summed E-state index contributed by atoms with van der Waals surface area (Å²) in [5.41, 5.74) is 7.41. The van der Waals surface area contributed by atoms with Gasteiger partial charge in [0.25, 0.3) is 0 Å². The Balaban J connectivity index is 2.34. The second-order valence-corrected chi connectivity index (χ2v) is 6.14. The molecule has 0 amide bonds. The fourth-order valence-corrected chi connectivity index (χ4v) is 3.29. The maximum absolute atomic E-state index is 6.40. The zero-order chi connectivity index (χ0) is 14.7. The van der Waals surface area contributed by atoms with E-state index in [0.717, 1.165) is 30.2 Å². The second-order valence-electron chi connectivity index (χ2n) is 5.73. The van der Waals surface area contributed by atoms with E-state index in [1.54, 1.807) is 0 Å². The summed E-state index contributed by atoms with van der Waals surface area (Å²) in [6.07, 6.45) is 1.29. The molecule has 0 aromatic heterocycles. The number of morpholine rings is 1. The molecule has 1 fully saturated rings. The molecule has 0 aliphatic carbocycles. The number of hydrogen-bond donors (Lipinski definition) is 1. The summed E-state index contributed by atoms with van der Waals surface area (Å²) < 4.78 is 5.79. The van der Waals surface area contributed by atoms with Crippen molar-refractivity contribution in [1.29, 1.82) is 0 Å². The molecule has 1 aliphatic rings. The molecule has 1 heterocycles. The number of ether oxygens (including phenoxy) is 1. The normalized spacial score (nSPS) is 27.2. The molecule has 3 nitrogen and oxygen atoms in total. The van der Waals surface area contributed by atoms with Gasteiger partial charge in [0.2, 0.25) is 0 Å². The Hall–Kier alpha value is -0.610. The van der Waals surface area contributed by atoms with Crippen LogP contribution in [0.4, 0.5) is 0 Å². The van der Waals surface area contributed by atoms with Gasteiger partial charge in [-0.1, -0.05) is 36.7 Å². The van der Waals surface area contributed by atoms with Crippen molar-refractivity contribution in [2.24, 2.45) is 5.73 Å². The van der Waals surface area contributed by atoms with Crippen molar-refractivity contribution in [3.63, 3.8) is 0 Å². The Kier molecular flexibility index (Phi) is 5.44. The molecular weight excluding hydrogens is 272 g/mol. The molecule has 4 atom stereocenters. The first-order valence-electron chi connectivity index (χ1n) is 7.42. The molecule has 1 saturated heterocycles. The maximum atomic E-state index is 6.40. The molecular formula is C16H25ClN2O. The van der Waals surface area contributed by atoms with Gasteiger partial charge in [0.05, 0.1) is 18.8 Å². The van der Waals surface area contributed by atoms with E-state index in [0.29, 0.717) is 6.04 Å². The molecule has 0 spiro atoms. The van der Waals surface area contributed by atoms with Crippen LogP contribution < -0.4 is 5.73 Å². The van der Waals surface area contributed by atoms with Crippen LogP contribution in [0.25, 0.3) is 0 Å². The van der Waals surface area contributed by atoms with Gasteiger partial charge in [-0.05, 0) is 31.9 Å². The number of benzene rings is 1. The summed E-state index contributed by atoms with van der Waals surface area (Å²) in [7, 11) is 0. The zero-order valence-corrected chi connectivity index (χ0v) is 13.3. The third kappa shape index (κ3) is 3.34. The highest BCUT2D eigenvalue weighted by molar-refractivity contribution is 6.31. The summed E-state index contributed by atoms with van der Waals surface area (Å²) in [4.78, 5) is 2.47. The summed E-state index contributed by atoms with van der Waals surface area (Å²) in [6, 6.07) is 8.58. The molecule has 4 unspecified atom stereocenters. The van der Waals surface area contributed by atoms with Gasteiger partial charge in [-0.25, -0.2) is 0 Å². The fraction of sp³-hybridized carbons (Fsp3) is 0.625. The van der Waals surface area contributed by atoms with E-state index in [2.05, 4.69) is 31.7 Å². The third-order valence-corrected chi connectivity index (χ3v) is 4.40. The average molecular weight is 297 g/mol. The number of halogens is 1. The highest BCUT2D eigenvalue weighted by Crippen LogP contribution is 2.33. The smallest absolute Gasteiger partial charge is 0.0675 e. The zero-order valence-electron chi connectivity index (χ0n) is 12.6. The molecule has 0 radical (unpaired) electrons. The van der Waals surface area contributed by atoms with Gasteiger partial charge in [-0.15, -0.1) is 0 Å². The van der Waals surface area contributed by atoms with Crippen LogP contribution in [0, 0.1) is 0 Å². The average Bonchev–Trinajstić information content (AvgIpc) is 2.41. The van der Waals surface area contributed by atoms with Crippen LogP contribution in [0.3, 0.4) is 0 Å². The Bertz CT molecular complexity index is 438. The number of nitrogens with zero attached hydrogens (tertiary/aromatic N) is 1. The van der Waals surface area contributed by atoms with Crippen molar-refractivity contribution in [2.45, 2.75) is 51.4 Å². The van der Waals surface area contributed by atoms with Gasteiger partial charge >= 0.3 is 0 Å². The first kappa shape index (κ1) is 15.8. The Labute approximate surface area is 127 Å². The van der Waals surface area contributed by atoms with Gasteiger partial charge < -0.3 is 10.5 Å². The standard InChI is InChI=1S/C16H25ClN2O/c1-4-13-10-20-11(2)9-19(13)16(12(3)18)14-7-5-6-8-15(14)17/h5-8,11-13,16H,4,9-10,18H2,1-3H3. The van der Waals surface area contributed by atoms with Crippen molar-refractivity contribution in [3.05, 3.63) is 34.9 Å². The molecule has 4 heteroatoms. The van der Waals surface area contributed by atoms with E-state index in [4.69, 9.17) is 22.1 Å². The molecule has 1 aromatic carbocycles. The van der Waals surface area contributed by atoms with Crippen LogP contribution in [-0.2, 0) is 4.74 Å². The molecule has 1 aromatic rings. The molecule has 112 valence electrons. The van der Waals surface area contributed by atoms with Crippen molar-refractivity contribution in [3.8, 4) is 0 Å². The second kappa shape index (κ2) is 6.90. The lowest BCUT2D eigenvalue weighted by atomic mass is 9.95. The Morgan fingerprint density at radius 2 is 2.15 bits per heavy atom. The van der Waals surface area contributed by atoms with Crippen LogP contribution in [0.1, 0.15) is 38.8 Å². The van der Waals surface area contributed by atoms with Crippen LogP contribution >= 0.6 is 11.6 Å². The molecule has 0 bridgehead atoms. The lowest BCUT2D eigenvalue weighted by Gasteiger charge is -2.45. The van der Waals surface area contributed by atoms with Gasteiger partial charge in [-0.2, -0.15) is 0 Å². The van der Waals surface area contributed by atoms with E-state index < -0.39 is 0 Å². The highest BCUT2D eigenvalue weighted by atomic mass is 35.5. The van der Waals surface area contributed by atoms with E-state index in [1.165, 1.54) is 0 Å². The molecule has 1 aliphatic heterocycles. The van der Waals surface area contributed by atoms with Crippen LogP contribution in [0.2, 0.25) is 5.02 Å². The Morgan fingerprint density at radius 1 is 1.45 bits per heavy atom. The van der Waals surface area contributed by atoms with E-state index in [9.17, 15) is 0 Å². The first-order valence-corrected chi connectivity index (χ1v) is 7.79. The first-order chi connectivity index (χ1) is 9.54. The monoisotopic (exact) mass is 296 g/mol. The minimum absolute atomic E-state index is 0.0225. The lowest BCUT2D eigenvalue weighted by molar-refractivity contribution is -0.0762. The quantitative estimate of drug-likeness (QED) is 0.927. The van der Waals surface area contributed by atoms with Gasteiger partial charge in [0.1, 0.15) is 0 Å². The Morgan fingerprint density at radius 3 is 2.75 bits per heavy atom. The summed E-state index contributed by atoms with van der Waals surface area (Å²) >= 11 is 6.40. The summed E-state index contributed by atoms with van der Waals surface area (Å²) in [5, 5.41) is 0.795. The predicted octanol–water partition coefficient (Wildman–Crippen LogP) is 3.23.